The molecule has 7 heteroatoms. The zero-order chi connectivity index (χ0) is 14.3. The third-order valence-electron chi connectivity index (χ3n) is 3.58. The maximum Gasteiger partial charge on any atom is 0.286 e. The molecule has 2 heterocycles. The van der Waals surface area contributed by atoms with Gasteiger partial charge in [-0.1, -0.05) is 12.1 Å². The van der Waals surface area contributed by atoms with E-state index in [4.69, 9.17) is 0 Å². The fourth-order valence-electron chi connectivity index (χ4n) is 2.51. The van der Waals surface area contributed by atoms with Crippen molar-refractivity contribution in [3.05, 3.63) is 24.3 Å². The van der Waals surface area contributed by atoms with E-state index in [1.165, 1.54) is 11.1 Å². The van der Waals surface area contributed by atoms with Gasteiger partial charge in [0, 0.05) is 20.1 Å². The van der Waals surface area contributed by atoms with Gasteiger partial charge in [0.25, 0.3) is 5.91 Å². The summed E-state index contributed by atoms with van der Waals surface area (Å²) in [5, 5.41) is 5.06. The first kappa shape index (κ1) is 13.1. The molecule has 1 saturated heterocycles. The highest BCUT2D eigenvalue weighted by Gasteiger charge is 2.38. The minimum absolute atomic E-state index is 0.139. The van der Waals surface area contributed by atoms with Gasteiger partial charge in [-0.3, -0.25) is 9.80 Å². The normalized spacial score (nSPS) is 20.6. The van der Waals surface area contributed by atoms with Crippen LogP contribution in [0.3, 0.4) is 0 Å². The molecule has 2 aliphatic heterocycles. The van der Waals surface area contributed by atoms with Crippen molar-refractivity contribution in [2.24, 2.45) is 5.10 Å². The Morgan fingerprint density at radius 3 is 2.55 bits per heavy atom. The average molecular weight is 293 g/mol. The van der Waals surface area contributed by atoms with E-state index in [9.17, 15) is 13.2 Å². The Balaban J connectivity index is 2.07. The van der Waals surface area contributed by atoms with Gasteiger partial charge in [-0.15, -0.1) is 0 Å². The number of para-hydroxylation sites is 1. The number of hydrazone groups is 1. The molecular weight excluding hydrogens is 278 g/mol. The first-order chi connectivity index (χ1) is 9.51. The molecule has 0 saturated carbocycles. The molecule has 1 fully saturated rings. The zero-order valence-electron chi connectivity index (χ0n) is 11.1. The van der Waals surface area contributed by atoms with Crippen molar-refractivity contribution in [1.82, 2.24) is 4.90 Å². The number of hydrogen-bond donors (Lipinski definition) is 0. The van der Waals surface area contributed by atoms with Gasteiger partial charge in [0.15, 0.2) is 0 Å². The Labute approximate surface area is 117 Å². The standard InChI is InChI=1S/C13H15N3O3S/c1-15-10-6-2-3-7-11(10)20(18,19)12(14-15)13(17)16-8-4-5-9-16/h2-3,6-7H,4-5,8-9H2,1H3. The van der Waals surface area contributed by atoms with Crippen LogP contribution >= 0.6 is 0 Å². The summed E-state index contributed by atoms with van der Waals surface area (Å²) in [5.41, 5.74) is 0.491. The van der Waals surface area contributed by atoms with E-state index >= 15 is 0 Å². The largest absolute Gasteiger partial charge is 0.337 e. The van der Waals surface area contributed by atoms with Crippen LogP contribution in [0.1, 0.15) is 12.8 Å². The number of fused-ring (bicyclic) bond motifs is 1. The highest BCUT2D eigenvalue weighted by molar-refractivity contribution is 8.08. The zero-order valence-corrected chi connectivity index (χ0v) is 11.9. The summed E-state index contributed by atoms with van der Waals surface area (Å²) >= 11 is 0. The number of hydrogen-bond acceptors (Lipinski definition) is 5. The summed E-state index contributed by atoms with van der Waals surface area (Å²) in [6.45, 7) is 1.19. The summed E-state index contributed by atoms with van der Waals surface area (Å²) in [7, 11) is -2.19. The van der Waals surface area contributed by atoms with Crippen LogP contribution in [0, 0.1) is 0 Å². The molecule has 0 radical (unpaired) electrons. The van der Waals surface area contributed by atoms with Gasteiger partial charge in [0.05, 0.1) is 10.6 Å². The molecule has 2 aliphatic rings. The second kappa shape index (κ2) is 4.59. The van der Waals surface area contributed by atoms with Gasteiger partial charge in [0.1, 0.15) is 0 Å². The number of amides is 1. The molecule has 1 aromatic rings. The van der Waals surface area contributed by atoms with Crippen LogP contribution in [0.5, 0.6) is 0 Å². The van der Waals surface area contributed by atoms with Gasteiger partial charge in [0.2, 0.25) is 14.9 Å². The molecule has 20 heavy (non-hydrogen) atoms. The maximum atomic E-state index is 12.5. The van der Waals surface area contributed by atoms with E-state index in [-0.39, 0.29) is 9.94 Å². The molecule has 0 N–H and O–H groups in total. The Bertz CT molecular complexity index is 691. The van der Waals surface area contributed by atoms with Crippen LogP contribution in [0.25, 0.3) is 0 Å². The lowest BCUT2D eigenvalue weighted by Crippen LogP contribution is -2.41. The highest BCUT2D eigenvalue weighted by atomic mass is 32.2. The van der Waals surface area contributed by atoms with Crippen LogP contribution in [0.15, 0.2) is 34.3 Å². The summed E-state index contributed by atoms with van der Waals surface area (Å²) in [6, 6.07) is 6.57. The van der Waals surface area contributed by atoms with Gasteiger partial charge in [-0.05, 0) is 25.0 Å². The second-order valence-electron chi connectivity index (χ2n) is 4.90. The van der Waals surface area contributed by atoms with Gasteiger partial charge in [-0.2, -0.15) is 5.10 Å². The van der Waals surface area contributed by atoms with Crippen LogP contribution in [-0.4, -0.2) is 44.4 Å². The van der Waals surface area contributed by atoms with E-state index < -0.39 is 15.7 Å². The van der Waals surface area contributed by atoms with E-state index in [1.54, 1.807) is 30.1 Å². The van der Waals surface area contributed by atoms with Crippen molar-refractivity contribution in [1.29, 1.82) is 0 Å². The molecule has 6 nitrogen and oxygen atoms in total. The lowest BCUT2D eigenvalue weighted by molar-refractivity contribution is -0.122. The molecule has 0 atom stereocenters. The quantitative estimate of drug-likeness (QED) is 0.769. The van der Waals surface area contributed by atoms with Crippen molar-refractivity contribution in [3.8, 4) is 0 Å². The van der Waals surface area contributed by atoms with E-state index in [0.717, 1.165) is 12.8 Å². The number of likely N-dealkylation sites (tertiary alicyclic amines) is 1. The molecular formula is C13H15N3O3S. The molecule has 0 aromatic heterocycles. The summed E-state index contributed by atoms with van der Waals surface area (Å²) in [5.74, 6) is -0.496. The molecule has 106 valence electrons. The van der Waals surface area contributed by atoms with Crippen molar-refractivity contribution >= 4 is 26.5 Å². The summed E-state index contributed by atoms with van der Waals surface area (Å²) in [6.07, 6.45) is 1.82. The highest BCUT2D eigenvalue weighted by Crippen LogP contribution is 2.31. The third kappa shape index (κ3) is 1.89. The number of carbonyl (C=O) groups is 1. The fraction of sp³-hybridized carbons (Fsp3) is 0.385. The minimum Gasteiger partial charge on any atom is -0.337 e. The first-order valence-corrected chi connectivity index (χ1v) is 7.96. The molecule has 3 rings (SSSR count). The van der Waals surface area contributed by atoms with E-state index in [2.05, 4.69) is 5.10 Å². The fourth-order valence-corrected chi connectivity index (χ4v) is 4.04. The summed E-state index contributed by atoms with van der Waals surface area (Å²) in [4.78, 5) is 14.1. The third-order valence-corrected chi connectivity index (χ3v) is 5.26. The molecule has 1 aromatic carbocycles. The van der Waals surface area contributed by atoms with Crippen LogP contribution in [-0.2, 0) is 14.6 Å². The smallest absolute Gasteiger partial charge is 0.286 e. The predicted molar refractivity (Wildman–Crippen MR) is 75.3 cm³/mol. The SMILES string of the molecule is CN1N=C(C(=O)N2CCCC2)S(=O)(=O)c2ccccc21. The second-order valence-corrected chi connectivity index (χ2v) is 6.73. The molecule has 0 unspecified atom stereocenters. The van der Waals surface area contributed by atoms with Crippen molar-refractivity contribution in [2.75, 3.05) is 25.1 Å². The van der Waals surface area contributed by atoms with Crippen LogP contribution in [0.4, 0.5) is 5.69 Å². The Kier molecular flexibility index (Phi) is 3.01. The monoisotopic (exact) mass is 293 g/mol. The summed E-state index contributed by atoms with van der Waals surface area (Å²) < 4.78 is 25.1. The van der Waals surface area contributed by atoms with Crippen LogP contribution < -0.4 is 5.01 Å². The number of nitrogens with zero attached hydrogens (tertiary/aromatic N) is 3. The number of carbonyl (C=O) groups excluding carboxylic acids is 1. The minimum atomic E-state index is -3.84. The number of anilines is 1. The van der Waals surface area contributed by atoms with Gasteiger partial charge in [-0.25, -0.2) is 8.42 Å². The topological polar surface area (TPSA) is 70.1 Å². The van der Waals surface area contributed by atoms with Gasteiger partial charge >= 0.3 is 0 Å². The van der Waals surface area contributed by atoms with E-state index in [1.807, 2.05) is 0 Å². The molecule has 0 bridgehead atoms. The Hall–Kier alpha value is -1.89. The van der Waals surface area contributed by atoms with Crippen molar-refractivity contribution in [2.45, 2.75) is 17.7 Å². The Morgan fingerprint density at radius 2 is 1.85 bits per heavy atom. The lowest BCUT2D eigenvalue weighted by Gasteiger charge is -2.25. The Morgan fingerprint density at radius 1 is 1.20 bits per heavy atom. The van der Waals surface area contributed by atoms with Crippen molar-refractivity contribution < 1.29 is 13.2 Å². The molecule has 0 spiro atoms. The first-order valence-electron chi connectivity index (χ1n) is 6.47. The predicted octanol–water partition coefficient (Wildman–Crippen LogP) is 0.846. The molecule has 1 amide bonds. The van der Waals surface area contributed by atoms with Crippen LogP contribution in [0.2, 0.25) is 0 Å². The van der Waals surface area contributed by atoms with E-state index in [0.29, 0.717) is 18.8 Å². The average Bonchev–Trinajstić information content (AvgIpc) is 2.96. The lowest BCUT2D eigenvalue weighted by atomic mass is 10.3. The molecule has 0 aliphatic carbocycles. The van der Waals surface area contributed by atoms with Crippen molar-refractivity contribution in [3.63, 3.8) is 0 Å². The maximum absolute atomic E-state index is 12.5. The van der Waals surface area contributed by atoms with Gasteiger partial charge < -0.3 is 4.90 Å². The number of sulfone groups is 1. The number of benzene rings is 1. The number of rotatable bonds is 1.